The van der Waals surface area contributed by atoms with Crippen molar-refractivity contribution in [1.82, 2.24) is 0 Å². The van der Waals surface area contributed by atoms with E-state index in [2.05, 4.69) is 37.6 Å². The van der Waals surface area contributed by atoms with Crippen LogP contribution in [0.2, 0.25) is 13.3 Å². The Kier molecular flexibility index (Phi) is 14.8. The Morgan fingerprint density at radius 2 is 1.30 bits per heavy atom. The third-order valence-electron chi connectivity index (χ3n) is 4.36. The van der Waals surface area contributed by atoms with E-state index in [0.717, 1.165) is 0 Å². The third kappa shape index (κ3) is 11.5. The molecular weight excluding hydrogens is 391 g/mol. The van der Waals surface area contributed by atoms with Crippen molar-refractivity contribution in [3.63, 3.8) is 0 Å². The van der Waals surface area contributed by atoms with Gasteiger partial charge < -0.3 is 0 Å². The van der Waals surface area contributed by atoms with Gasteiger partial charge in [0, 0.05) is 0 Å². The van der Waals surface area contributed by atoms with Crippen LogP contribution >= 0.6 is 0 Å². The fraction of sp³-hybridized carbons (Fsp3) is 0.900. The van der Waals surface area contributed by atoms with Crippen LogP contribution < -0.4 is 0 Å². The fourth-order valence-corrected chi connectivity index (χ4v) is 16.4. The predicted octanol–water partition coefficient (Wildman–Crippen LogP) is 6.17. The van der Waals surface area contributed by atoms with Crippen molar-refractivity contribution in [2.45, 2.75) is 106 Å². The maximum atomic E-state index is 5.84. The molecule has 0 rings (SSSR count). The zero-order valence-electron chi connectivity index (χ0n) is 16.5. The Bertz CT molecular complexity index is 310. The van der Waals surface area contributed by atoms with Gasteiger partial charge in [0.25, 0.3) is 0 Å². The Balaban J connectivity index is 4.96. The molecule has 0 aromatic carbocycles. The molecule has 0 bridgehead atoms. The number of unbranched alkanes of at least 4 members (excludes halogenated alkanes) is 3. The van der Waals surface area contributed by atoms with Gasteiger partial charge in [0.2, 0.25) is 0 Å². The Morgan fingerprint density at radius 3 is 1.70 bits per heavy atom. The van der Waals surface area contributed by atoms with Crippen molar-refractivity contribution >= 4 is 18.4 Å². The summed E-state index contributed by atoms with van der Waals surface area (Å²) in [5.41, 5.74) is 0. The van der Waals surface area contributed by atoms with E-state index < -0.39 is 18.4 Å². The molecule has 0 fully saturated rings. The first-order valence-electron chi connectivity index (χ1n) is 9.83. The topological polar surface area (TPSA) is 18.5 Å². The fourth-order valence-electron chi connectivity index (χ4n) is 2.96. The molecule has 0 aliphatic heterocycles. The van der Waals surface area contributed by atoms with E-state index in [-0.39, 0.29) is 12.4 Å². The molecule has 2 atom stereocenters. The zero-order chi connectivity index (χ0) is 17.6. The first-order valence-corrected chi connectivity index (χ1v) is 17.3. The van der Waals surface area contributed by atoms with Gasteiger partial charge in [-0.25, -0.2) is 0 Å². The summed E-state index contributed by atoms with van der Waals surface area (Å²) < 4.78 is 19.5. The Labute approximate surface area is 150 Å². The van der Waals surface area contributed by atoms with Crippen LogP contribution in [0.15, 0.2) is 0 Å². The van der Waals surface area contributed by atoms with E-state index in [1.54, 1.807) is 0 Å². The van der Waals surface area contributed by atoms with Crippen molar-refractivity contribution in [3.05, 3.63) is 0 Å². The molecule has 0 aliphatic rings. The standard InChI is InChI=1S/C8H13O2.3C4H9.Sn/c1-5-7(3)10-8(4)9-6-2;3*1-3-4-2;/h7-8H,6H2,2-4H3;3*1,3-4H2,2H3;. The molecule has 0 heterocycles. The van der Waals surface area contributed by atoms with E-state index in [0.29, 0.717) is 6.61 Å². The normalized spacial score (nSPS) is 14.2. The second kappa shape index (κ2) is 14.6. The molecule has 0 radical (unpaired) electrons. The maximum absolute atomic E-state index is 5.84. The summed E-state index contributed by atoms with van der Waals surface area (Å²) in [5, 5.41) is 0. The molecule has 0 aliphatic carbocycles. The molecule has 0 saturated heterocycles. The zero-order valence-corrected chi connectivity index (χ0v) is 19.4. The minimum absolute atomic E-state index is 0.0162. The van der Waals surface area contributed by atoms with Crippen molar-refractivity contribution in [1.29, 1.82) is 0 Å². The van der Waals surface area contributed by atoms with Gasteiger partial charge in [0.1, 0.15) is 0 Å². The summed E-state index contributed by atoms with van der Waals surface area (Å²) in [5.74, 6) is 3.48. The summed E-state index contributed by atoms with van der Waals surface area (Å²) in [6.45, 7) is 13.6. The second-order valence-electron chi connectivity index (χ2n) is 6.66. The molecule has 0 N–H and O–H groups in total. The average molecular weight is 431 g/mol. The number of hydrogen-bond donors (Lipinski definition) is 0. The molecule has 0 amide bonds. The summed E-state index contributed by atoms with van der Waals surface area (Å²) >= 11 is -2.32. The van der Waals surface area contributed by atoms with Crippen LogP contribution in [0.5, 0.6) is 0 Å². The molecule has 2 nitrogen and oxygen atoms in total. The molecular formula is C20H40O2Sn. The summed E-state index contributed by atoms with van der Waals surface area (Å²) in [7, 11) is 0. The van der Waals surface area contributed by atoms with Crippen molar-refractivity contribution in [3.8, 4) is 9.86 Å². The molecule has 0 aromatic heterocycles. The van der Waals surface area contributed by atoms with Gasteiger partial charge in [0.15, 0.2) is 0 Å². The third-order valence-corrected chi connectivity index (χ3v) is 17.5. The van der Waals surface area contributed by atoms with Crippen LogP contribution in [0.3, 0.4) is 0 Å². The molecule has 0 spiro atoms. The van der Waals surface area contributed by atoms with Gasteiger partial charge >= 0.3 is 150 Å². The molecule has 0 saturated carbocycles. The molecule has 3 heteroatoms. The first-order chi connectivity index (χ1) is 11.0. The number of rotatable bonds is 13. The van der Waals surface area contributed by atoms with Crippen LogP contribution in [0.1, 0.15) is 80.1 Å². The van der Waals surface area contributed by atoms with Crippen LogP contribution in [0.4, 0.5) is 0 Å². The van der Waals surface area contributed by atoms with E-state index in [4.69, 9.17) is 9.47 Å². The van der Waals surface area contributed by atoms with Crippen LogP contribution in [0, 0.1) is 9.86 Å². The number of ether oxygens (including phenoxy) is 2. The first kappa shape index (κ1) is 23.3. The van der Waals surface area contributed by atoms with Gasteiger partial charge in [-0.2, -0.15) is 0 Å². The van der Waals surface area contributed by atoms with Crippen molar-refractivity contribution < 1.29 is 9.47 Å². The summed E-state index contributed by atoms with van der Waals surface area (Å²) in [6, 6.07) is 0. The monoisotopic (exact) mass is 432 g/mol. The molecule has 136 valence electrons. The number of hydrogen-bond acceptors (Lipinski definition) is 2. The quantitative estimate of drug-likeness (QED) is 0.197. The van der Waals surface area contributed by atoms with E-state index in [9.17, 15) is 0 Å². The van der Waals surface area contributed by atoms with Crippen LogP contribution in [-0.4, -0.2) is 37.4 Å². The molecule has 0 aromatic rings. The molecule has 23 heavy (non-hydrogen) atoms. The van der Waals surface area contributed by atoms with Gasteiger partial charge in [-0.05, 0) is 0 Å². The summed E-state index contributed by atoms with van der Waals surface area (Å²) in [6.07, 6.45) is 7.81. The van der Waals surface area contributed by atoms with E-state index >= 15 is 0 Å². The van der Waals surface area contributed by atoms with Crippen LogP contribution in [-0.2, 0) is 9.47 Å². The van der Waals surface area contributed by atoms with E-state index in [1.807, 2.05) is 13.8 Å². The second-order valence-corrected chi connectivity index (χ2v) is 19.0. The average Bonchev–Trinajstić information content (AvgIpc) is 2.53. The van der Waals surface area contributed by atoms with Gasteiger partial charge in [-0.3, -0.25) is 0 Å². The Hall–Kier alpha value is 0.279. The van der Waals surface area contributed by atoms with Crippen molar-refractivity contribution in [2.75, 3.05) is 6.61 Å². The van der Waals surface area contributed by atoms with Gasteiger partial charge in [-0.1, -0.05) is 0 Å². The summed E-state index contributed by atoms with van der Waals surface area (Å²) in [4.78, 5) is 0. The van der Waals surface area contributed by atoms with Gasteiger partial charge in [0.05, 0.1) is 0 Å². The Morgan fingerprint density at radius 1 is 0.826 bits per heavy atom. The predicted molar refractivity (Wildman–Crippen MR) is 104 cm³/mol. The SMILES string of the molecule is CCC[CH2][Sn]([C]#CC(C)OC(C)OCC)([CH2]CCC)[CH2]CCC. The molecule has 2 unspecified atom stereocenters. The van der Waals surface area contributed by atoms with Crippen molar-refractivity contribution in [2.24, 2.45) is 0 Å². The van der Waals surface area contributed by atoms with Crippen LogP contribution in [0.25, 0.3) is 0 Å². The minimum atomic E-state index is -2.32. The van der Waals surface area contributed by atoms with Gasteiger partial charge in [-0.15, -0.1) is 0 Å². The van der Waals surface area contributed by atoms with E-state index in [1.165, 1.54) is 51.8 Å².